The van der Waals surface area contributed by atoms with Gasteiger partial charge in [-0.25, -0.2) is 9.67 Å². The highest BCUT2D eigenvalue weighted by atomic mass is 35.5. The Morgan fingerprint density at radius 2 is 1.69 bits per heavy atom. The first-order chi connectivity index (χ1) is 14.2. The Bertz CT molecular complexity index is 992. The highest BCUT2D eigenvalue weighted by Gasteiger charge is 2.16. The van der Waals surface area contributed by atoms with Gasteiger partial charge in [0.2, 0.25) is 0 Å². The first-order valence-corrected chi connectivity index (χ1v) is 10.5. The zero-order chi connectivity index (χ0) is 20.1. The maximum atomic E-state index is 10.3. The molecule has 0 unspecified atom stereocenters. The van der Waals surface area contributed by atoms with Crippen LogP contribution in [0.4, 0.5) is 0 Å². The number of benzene rings is 2. The van der Waals surface area contributed by atoms with Crippen LogP contribution < -0.4 is 0 Å². The van der Waals surface area contributed by atoms with Crippen LogP contribution in [0.25, 0.3) is 23.5 Å². The van der Waals surface area contributed by atoms with Gasteiger partial charge in [-0.05, 0) is 61.8 Å². The summed E-state index contributed by atoms with van der Waals surface area (Å²) < 4.78 is 1.90. The largest absolute Gasteiger partial charge is 0.507 e. The van der Waals surface area contributed by atoms with Crippen LogP contribution in [0.15, 0.2) is 48.5 Å². The summed E-state index contributed by atoms with van der Waals surface area (Å²) in [4.78, 5) is 7.16. The third-order valence-corrected chi connectivity index (χ3v) is 5.57. The number of phenolic OH excluding ortho intramolecular Hbond substituents is 1. The van der Waals surface area contributed by atoms with E-state index < -0.39 is 0 Å². The Hall–Kier alpha value is -2.63. The molecule has 150 valence electrons. The molecule has 1 fully saturated rings. The van der Waals surface area contributed by atoms with Gasteiger partial charge in [-0.15, -0.1) is 0 Å². The minimum Gasteiger partial charge on any atom is -0.507 e. The molecular formula is C23H25ClN4O. The molecule has 1 N–H and O–H groups in total. The van der Waals surface area contributed by atoms with Crippen molar-refractivity contribution in [1.82, 2.24) is 19.7 Å². The summed E-state index contributed by atoms with van der Waals surface area (Å²) >= 11 is 6.24. The SMILES string of the molecule is Oc1ccccc1-c1nc(/C=C/c2ccccc2Cl)nn1CCN1CCCCC1. The fourth-order valence-corrected chi connectivity index (χ4v) is 3.84. The fraction of sp³-hybridized carbons (Fsp3) is 0.304. The third kappa shape index (κ3) is 4.86. The average Bonchev–Trinajstić information content (AvgIpc) is 3.15. The molecule has 6 heteroatoms. The van der Waals surface area contributed by atoms with Crippen LogP contribution in [0.3, 0.4) is 0 Å². The molecule has 0 saturated carbocycles. The topological polar surface area (TPSA) is 54.2 Å². The molecule has 4 rings (SSSR count). The van der Waals surface area contributed by atoms with E-state index in [1.807, 2.05) is 59.3 Å². The maximum Gasteiger partial charge on any atom is 0.174 e. The first-order valence-electron chi connectivity index (χ1n) is 10.1. The van der Waals surface area contributed by atoms with Gasteiger partial charge >= 0.3 is 0 Å². The summed E-state index contributed by atoms with van der Waals surface area (Å²) in [6.45, 7) is 3.94. The highest BCUT2D eigenvalue weighted by Crippen LogP contribution is 2.28. The molecule has 0 spiro atoms. The van der Waals surface area contributed by atoms with Gasteiger partial charge in [-0.2, -0.15) is 5.10 Å². The molecule has 29 heavy (non-hydrogen) atoms. The van der Waals surface area contributed by atoms with Crippen molar-refractivity contribution in [3.63, 3.8) is 0 Å². The first kappa shape index (κ1) is 19.7. The van der Waals surface area contributed by atoms with Crippen LogP contribution in [0, 0.1) is 0 Å². The predicted molar refractivity (Wildman–Crippen MR) is 118 cm³/mol. The van der Waals surface area contributed by atoms with Gasteiger partial charge in [0.25, 0.3) is 0 Å². The lowest BCUT2D eigenvalue weighted by Gasteiger charge is -2.26. The van der Waals surface area contributed by atoms with Crippen molar-refractivity contribution in [2.45, 2.75) is 25.8 Å². The van der Waals surface area contributed by atoms with E-state index in [1.165, 1.54) is 19.3 Å². The Labute approximate surface area is 176 Å². The van der Waals surface area contributed by atoms with Gasteiger partial charge in [-0.1, -0.05) is 48.4 Å². The van der Waals surface area contributed by atoms with Crippen molar-refractivity contribution < 1.29 is 5.11 Å². The van der Waals surface area contributed by atoms with Gasteiger partial charge in [0.15, 0.2) is 11.6 Å². The van der Waals surface area contributed by atoms with Gasteiger partial charge in [0, 0.05) is 11.6 Å². The molecular weight excluding hydrogens is 384 g/mol. The summed E-state index contributed by atoms with van der Waals surface area (Å²) in [6.07, 6.45) is 7.62. The van der Waals surface area contributed by atoms with Crippen LogP contribution in [0.2, 0.25) is 5.02 Å². The average molecular weight is 409 g/mol. The van der Waals surface area contributed by atoms with Gasteiger partial charge in [0.1, 0.15) is 5.75 Å². The Morgan fingerprint density at radius 1 is 0.931 bits per heavy atom. The monoisotopic (exact) mass is 408 g/mol. The summed E-state index contributed by atoms with van der Waals surface area (Å²) in [5, 5.41) is 15.7. The quantitative estimate of drug-likeness (QED) is 0.626. The maximum absolute atomic E-state index is 10.3. The number of aromatic nitrogens is 3. The summed E-state index contributed by atoms with van der Waals surface area (Å²) in [6, 6.07) is 14.9. The number of hydrogen-bond donors (Lipinski definition) is 1. The van der Waals surface area contributed by atoms with E-state index in [0.29, 0.717) is 22.2 Å². The third-order valence-electron chi connectivity index (χ3n) is 5.23. The summed E-state index contributed by atoms with van der Waals surface area (Å²) in [7, 11) is 0. The molecule has 1 aliphatic heterocycles. The van der Waals surface area contributed by atoms with E-state index in [2.05, 4.69) is 4.90 Å². The number of nitrogens with zero attached hydrogens (tertiary/aromatic N) is 4. The number of hydrogen-bond acceptors (Lipinski definition) is 4. The smallest absolute Gasteiger partial charge is 0.174 e. The van der Waals surface area contributed by atoms with E-state index in [9.17, 15) is 5.11 Å². The Kier molecular flexibility index (Phi) is 6.27. The molecule has 1 saturated heterocycles. The molecule has 3 aromatic rings. The molecule has 1 aliphatic rings. The fourth-order valence-electron chi connectivity index (χ4n) is 3.64. The lowest BCUT2D eigenvalue weighted by molar-refractivity contribution is 0.218. The molecule has 0 aliphatic carbocycles. The Balaban J connectivity index is 1.61. The molecule has 0 radical (unpaired) electrons. The van der Waals surface area contributed by atoms with E-state index >= 15 is 0 Å². The Morgan fingerprint density at radius 3 is 2.48 bits per heavy atom. The normalized spacial score (nSPS) is 15.2. The van der Waals surface area contributed by atoms with Crippen LogP contribution in [-0.4, -0.2) is 44.4 Å². The molecule has 2 aromatic carbocycles. The van der Waals surface area contributed by atoms with Crippen molar-refractivity contribution in [3.8, 4) is 17.1 Å². The van der Waals surface area contributed by atoms with E-state index in [1.54, 1.807) is 6.07 Å². The second kappa shape index (κ2) is 9.25. The van der Waals surface area contributed by atoms with Crippen molar-refractivity contribution in [2.24, 2.45) is 0 Å². The second-order valence-corrected chi connectivity index (χ2v) is 7.70. The number of rotatable bonds is 6. The summed E-state index contributed by atoms with van der Waals surface area (Å²) in [5.74, 6) is 1.49. The highest BCUT2D eigenvalue weighted by molar-refractivity contribution is 6.32. The number of aromatic hydroxyl groups is 1. The van der Waals surface area contributed by atoms with Gasteiger partial charge in [-0.3, -0.25) is 0 Å². The van der Waals surface area contributed by atoms with E-state index in [-0.39, 0.29) is 5.75 Å². The second-order valence-electron chi connectivity index (χ2n) is 7.29. The summed E-state index contributed by atoms with van der Waals surface area (Å²) in [5.41, 5.74) is 1.61. The molecule has 0 atom stereocenters. The van der Waals surface area contributed by atoms with Crippen LogP contribution in [0.1, 0.15) is 30.7 Å². The zero-order valence-corrected chi connectivity index (χ0v) is 17.1. The minimum atomic E-state index is 0.209. The number of para-hydroxylation sites is 1. The molecule has 0 amide bonds. The molecule has 0 bridgehead atoms. The van der Waals surface area contributed by atoms with Gasteiger partial charge in [0.05, 0.1) is 12.1 Å². The van der Waals surface area contributed by atoms with E-state index in [4.69, 9.17) is 21.7 Å². The number of halogens is 1. The molecule has 1 aromatic heterocycles. The van der Waals surface area contributed by atoms with Crippen LogP contribution in [0.5, 0.6) is 5.75 Å². The standard InChI is InChI=1S/C23H25ClN4O/c24-20-10-4-2-8-18(20)12-13-22-25-23(19-9-3-5-11-21(19)29)28(26-22)17-16-27-14-6-1-7-15-27/h2-5,8-13,29H,1,6-7,14-17H2/b13-12+. The van der Waals surface area contributed by atoms with Crippen molar-refractivity contribution in [3.05, 3.63) is 64.9 Å². The van der Waals surface area contributed by atoms with Crippen molar-refractivity contribution in [1.29, 1.82) is 0 Å². The van der Waals surface area contributed by atoms with Gasteiger partial charge < -0.3 is 10.0 Å². The van der Waals surface area contributed by atoms with Crippen LogP contribution >= 0.6 is 11.6 Å². The zero-order valence-electron chi connectivity index (χ0n) is 16.3. The lowest BCUT2D eigenvalue weighted by Crippen LogP contribution is -2.32. The molecule has 2 heterocycles. The number of piperidine rings is 1. The molecule has 5 nitrogen and oxygen atoms in total. The number of phenols is 1. The van der Waals surface area contributed by atoms with Crippen LogP contribution in [-0.2, 0) is 6.54 Å². The van der Waals surface area contributed by atoms with Crippen molar-refractivity contribution >= 4 is 23.8 Å². The van der Waals surface area contributed by atoms with E-state index in [0.717, 1.165) is 31.7 Å². The lowest BCUT2D eigenvalue weighted by atomic mass is 10.1. The minimum absolute atomic E-state index is 0.209. The van der Waals surface area contributed by atoms with Crippen molar-refractivity contribution in [2.75, 3.05) is 19.6 Å². The number of likely N-dealkylation sites (tertiary alicyclic amines) is 1. The predicted octanol–water partition coefficient (Wildman–Crippen LogP) is 4.96.